The Morgan fingerprint density at radius 1 is 1.24 bits per heavy atom. The molecule has 0 spiro atoms. The van der Waals surface area contributed by atoms with Crippen LogP contribution in [0.5, 0.6) is 0 Å². The Labute approximate surface area is 105 Å². The van der Waals surface area contributed by atoms with Crippen molar-refractivity contribution in [2.24, 2.45) is 11.8 Å². The molecule has 17 heavy (non-hydrogen) atoms. The predicted octanol–water partition coefficient (Wildman–Crippen LogP) is 2.99. The van der Waals surface area contributed by atoms with Crippen LogP contribution in [0.2, 0.25) is 0 Å². The zero-order chi connectivity index (χ0) is 12.3. The van der Waals surface area contributed by atoms with Gasteiger partial charge in [-0.3, -0.25) is 11.3 Å². The smallest absolute Gasteiger partial charge is 0.0309 e. The third-order valence-corrected chi connectivity index (χ3v) is 4.17. The van der Waals surface area contributed by atoms with E-state index in [4.69, 9.17) is 5.84 Å². The maximum atomic E-state index is 5.80. The molecule has 1 aromatic carbocycles. The van der Waals surface area contributed by atoms with E-state index < -0.39 is 0 Å². The molecule has 94 valence electrons. The predicted molar refractivity (Wildman–Crippen MR) is 72.5 cm³/mol. The van der Waals surface area contributed by atoms with Gasteiger partial charge in [0.1, 0.15) is 0 Å². The molecule has 2 nitrogen and oxygen atoms in total. The van der Waals surface area contributed by atoms with Crippen LogP contribution in [-0.4, -0.2) is 6.04 Å². The van der Waals surface area contributed by atoms with Crippen molar-refractivity contribution in [3.8, 4) is 0 Å². The van der Waals surface area contributed by atoms with Gasteiger partial charge in [-0.1, -0.05) is 50.6 Å². The molecule has 1 atom stereocenters. The lowest BCUT2D eigenvalue weighted by Crippen LogP contribution is -2.55. The van der Waals surface area contributed by atoms with E-state index in [2.05, 4.69) is 49.6 Å². The van der Waals surface area contributed by atoms with E-state index in [1.165, 1.54) is 24.8 Å². The first-order chi connectivity index (χ1) is 8.19. The van der Waals surface area contributed by atoms with Crippen LogP contribution < -0.4 is 11.3 Å². The number of hydrazine groups is 1. The lowest BCUT2D eigenvalue weighted by molar-refractivity contribution is 0.152. The summed E-state index contributed by atoms with van der Waals surface area (Å²) in [4.78, 5) is 0. The molecule has 0 saturated heterocycles. The molecule has 1 aliphatic carbocycles. The van der Waals surface area contributed by atoms with E-state index in [1.807, 2.05) is 0 Å². The molecule has 1 unspecified atom stereocenters. The van der Waals surface area contributed by atoms with E-state index in [1.54, 1.807) is 0 Å². The average Bonchev–Trinajstić information content (AvgIpc) is 2.27. The molecule has 0 bridgehead atoms. The van der Waals surface area contributed by atoms with Crippen LogP contribution in [-0.2, 0) is 5.41 Å². The van der Waals surface area contributed by atoms with E-state index in [0.717, 1.165) is 6.42 Å². The van der Waals surface area contributed by atoms with Crippen molar-refractivity contribution in [3.05, 3.63) is 35.9 Å². The van der Waals surface area contributed by atoms with Crippen molar-refractivity contribution < 1.29 is 0 Å². The maximum Gasteiger partial charge on any atom is 0.0309 e. The molecule has 1 aromatic rings. The number of nitrogens with two attached hydrogens (primary N) is 1. The van der Waals surface area contributed by atoms with Gasteiger partial charge in [-0.05, 0) is 30.7 Å². The summed E-state index contributed by atoms with van der Waals surface area (Å²) >= 11 is 0. The van der Waals surface area contributed by atoms with E-state index in [9.17, 15) is 0 Å². The van der Waals surface area contributed by atoms with Crippen molar-refractivity contribution in [2.75, 3.05) is 0 Å². The summed E-state index contributed by atoms with van der Waals surface area (Å²) in [6.45, 7) is 4.53. The lowest BCUT2D eigenvalue weighted by Gasteiger charge is -2.48. The molecular weight excluding hydrogens is 208 g/mol. The summed E-state index contributed by atoms with van der Waals surface area (Å²) in [5.74, 6) is 6.48. The fourth-order valence-electron chi connectivity index (χ4n) is 3.09. The first-order valence-electron chi connectivity index (χ1n) is 6.71. The van der Waals surface area contributed by atoms with Gasteiger partial charge in [-0.25, -0.2) is 0 Å². The second-order valence-corrected chi connectivity index (χ2v) is 5.72. The first kappa shape index (κ1) is 12.6. The van der Waals surface area contributed by atoms with Gasteiger partial charge >= 0.3 is 0 Å². The fraction of sp³-hybridized carbons (Fsp3) is 0.600. The number of hydrogen-bond donors (Lipinski definition) is 2. The van der Waals surface area contributed by atoms with Gasteiger partial charge in [0.25, 0.3) is 0 Å². The molecule has 0 heterocycles. The molecule has 0 aromatic heterocycles. The largest absolute Gasteiger partial charge is 0.271 e. The summed E-state index contributed by atoms with van der Waals surface area (Å²) in [6.07, 6.45) is 4.99. The fourth-order valence-corrected chi connectivity index (χ4v) is 3.09. The van der Waals surface area contributed by atoms with Crippen molar-refractivity contribution in [2.45, 2.75) is 51.0 Å². The SMILES string of the molecule is CC(C)CC(NN)C1(c2ccccc2)CCC1. The summed E-state index contributed by atoms with van der Waals surface area (Å²) in [6, 6.07) is 11.3. The zero-order valence-corrected chi connectivity index (χ0v) is 10.9. The monoisotopic (exact) mass is 232 g/mol. The minimum absolute atomic E-state index is 0.278. The number of benzene rings is 1. The number of rotatable bonds is 5. The van der Waals surface area contributed by atoms with Crippen molar-refractivity contribution >= 4 is 0 Å². The molecule has 2 heteroatoms. The summed E-state index contributed by atoms with van der Waals surface area (Å²) in [7, 11) is 0. The van der Waals surface area contributed by atoms with Crippen LogP contribution in [0.3, 0.4) is 0 Å². The normalized spacial score (nSPS) is 20.0. The minimum Gasteiger partial charge on any atom is -0.271 e. The van der Waals surface area contributed by atoms with Gasteiger partial charge in [0.2, 0.25) is 0 Å². The Balaban J connectivity index is 2.24. The highest BCUT2D eigenvalue weighted by Gasteiger charge is 2.44. The van der Waals surface area contributed by atoms with Crippen LogP contribution in [0.15, 0.2) is 30.3 Å². The van der Waals surface area contributed by atoms with Crippen LogP contribution >= 0.6 is 0 Å². The Bertz CT molecular complexity index is 341. The second kappa shape index (κ2) is 5.19. The highest BCUT2D eigenvalue weighted by molar-refractivity contribution is 5.30. The summed E-state index contributed by atoms with van der Waals surface area (Å²) < 4.78 is 0. The third-order valence-electron chi connectivity index (χ3n) is 4.17. The van der Waals surface area contributed by atoms with Gasteiger partial charge in [0.15, 0.2) is 0 Å². The second-order valence-electron chi connectivity index (χ2n) is 5.72. The zero-order valence-electron chi connectivity index (χ0n) is 10.9. The molecular formula is C15H24N2. The van der Waals surface area contributed by atoms with E-state index in [0.29, 0.717) is 12.0 Å². The molecule has 0 aliphatic heterocycles. The van der Waals surface area contributed by atoms with Gasteiger partial charge in [0.05, 0.1) is 0 Å². The summed E-state index contributed by atoms with van der Waals surface area (Å²) in [5.41, 5.74) is 4.81. The summed E-state index contributed by atoms with van der Waals surface area (Å²) in [5, 5.41) is 0. The standard InChI is InChI=1S/C15H24N2/c1-12(2)11-14(17-16)15(9-6-10-15)13-7-4-3-5-8-13/h3-5,7-8,12,14,17H,6,9-11,16H2,1-2H3. The van der Waals surface area contributed by atoms with Crippen LogP contribution in [0.4, 0.5) is 0 Å². The van der Waals surface area contributed by atoms with E-state index in [-0.39, 0.29) is 5.41 Å². The molecule has 1 fully saturated rings. The number of nitrogens with one attached hydrogen (secondary N) is 1. The third kappa shape index (κ3) is 2.38. The average molecular weight is 232 g/mol. The molecule has 2 rings (SSSR count). The van der Waals surface area contributed by atoms with Crippen molar-refractivity contribution in [1.82, 2.24) is 5.43 Å². The van der Waals surface area contributed by atoms with Gasteiger partial charge in [0, 0.05) is 11.5 Å². The lowest BCUT2D eigenvalue weighted by atomic mass is 9.59. The topological polar surface area (TPSA) is 38.0 Å². The highest BCUT2D eigenvalue weighted by atomic mass is 15.2. The van der Waals surface area contributed by atoms with Crippen molar-refractivity contribution in [1.29, 1.82) is 0 Å². The van der Waals surface area contributed by atoms with Gasteiger partial charge in [-0.2, -0.15) is 0 Å². The van der Waals surface area contributed by atoms with Crippen LogP contribution in [0.25, 0.3) is 0 Å². The Morgan fingerprint density at radius 2 is 1.88 bits per heavy atom. The molecule has 0 radical (unpaired) electrons. The van der Waals surface area contributed by atoms with E-state index >= 15 is 0 Å². The Morgan fingerprint density at radius 3 is 2.29 bits per heavy atom. The maximum absolute atomic E-state index is 5.80. The molecule has 1 aliphatic rings. The molecule has 0 amide bonds. The first-order valence-corrected chi connectivity index (χ1v) is 6.71. The number of hydrogen-bond acceptors (Lipinski definition) is 2. The Hall–Kier alpha value is -0.860. The van der Waals surface area contributed by atoms with Crippen LogP contribution in [0, 0.1) is 5.92 Å². The minimum atomic E-state index is 0.278. The quantitative estimate of drug-likeness (QED) is 0.605. The van der Waals surface area contributed by atoms with Crippen molar-refractivity contribution in [3.63, 3.8) is 0 Å². The van der Waals surface area contributed by atoms with Gasteiger partial charge in [-0.15, -0.1) is 0 Å². The highest BCUT2D eigenvalue weighted by Crippen LogP contribution is 2.47. The molecule has 3 N–H and O–H groups in total. The van der Waals surface area contributed by atoms with Crippen LogP contribution in [0.1, 0.15) is 45.1 Å². The van der Waals surface area contributed by atoms with Gasteiger partial charge < -0.3 is 0 Å². The Kier molecular flexibility index (Phi) is 3.85. The molecule has 1 saturated carbocycles.